The van der Waals surface area contributed by atoms with E-state index in [0.29, 0.717) is 21.6 Å². The van der Waals surface area contributed by atoms with Crippen molar-refractivity contribution in [3.05, 3.63) is 94.1 Å². The van der Waals surface area contributed by atoms with Crippen molar-refractivity contribution in [2.24, 2.45) is 0 Å². The van der Waals surface area contributed by atoms with Gasteiger partial charge >= 0.3 is 0 Å². The van der Waals surface area contributed by atoms with Crippen LogP contribution in [0.4, 0.5) is 0 Å². The van der Waals surface area contributed by atoms with E-state index in [-0.39, 0.29) is 29.6 Å². The smallest absolute Gasteiger partial charge is 0.273 e. The lowest BCUT2D eigenvalue weighted by atomic mass is 10.1. The average molecular weight is 455 g/mol. The van der Waals surface area contributed by atoms with Crippen LogP contribution in [0.1, 0.15) is 16.1 Å². The Morgan fingerprint density at radius 2 is 1.77 bits per heavy atom. The molecule has 0 bridgehead atoms. The molecule has 0 radical (unpaired) electrons. The van der Waals surface area contributed by atoms with Crippen LogP contribution < -0.4 is 10.1 Å². The van der Waals surface area contributed by atoms with Gasteiger partial charge in [0, 0.05) is 29.3 Å². The molecule has 1 aromatic heterocycles. The minimum atomic E-state index is -0.367. The molecule has 0 spiro atoms. The Morgan fingerprint density at radius 1 is 1.00 bits per heavy atom. The molecule has 0 saturated carbocycles. The van der Waals surface area contributed by atoms with E-state index >= 15 is 0 Å². The molecule has 8 heteroatoms. The number of aromatic hydroxyl groups is 1. The fraction of sp³-hybridized carbons (Fsp3) is 0.0435. The SMILES string of the molecule is O=C(NCc1ccc(Oc2ccc(Cl)cc2O)c(Cl)c1)c1cc(-c2ccccc2)on1. The summed E-state index contributed by atoms with van der Waals surface area (Å²) in [4.78, 5) is 12.4. The molecular formula is C23H16Cl2N2O4. The number of nitrogens with one attached hydrogen (secondary N) is 1. The predicted octanol–water partition coefficient (Wildman–Crippen LogP) is 6.08. The van der Waals surface area contributed by atoms with Crippen LogP contribution in [0.15, 0.2) is 77.3 Å². The van der Waals surface area contributed by atoms with Gasteiger partial charge in [-0.15, -0.1) is 0 Å². The van der Waals surface area contributed by atoms with Crippen molar-refractivity contribution in [1.29, 1.82) is 0 Å². The van der Waals surface area contributed by atoms with E-state index in [1.54, 1.807) is 36.4 Å². The molecule has 0 saturated heterocycles. The Bertz CT molecular complexity index is 1230. The summed E-state index contributed by atoms with van der Waals surface area (Å²) in [6, 6.07) is 20.6. The quantitative estimate of drug-likeness (QED) is 0.368. The molecule has 0 aliphatic rings. The van der Waals surface area contributed by atoms with E-state index in [0.717, 1.165) is 11.1 Å². The third kappa shape index (κ3) is 4.99. The number of hydrogen-bond donors (Lipinski definition) is 2. The van der Waals surface area contributed by atoms with E-state index in [1.807, 2.05) is 30.3 Å². The first-order valence-electron chi connectivity index (χ1n) is 9.25. The van der Waals surface area contributed by atoms with Gasteiger partial charge in [0.05, 0.1) is 5.02 Å². The molecular weight excluding hydrogens is 439 g/mol. The summed E-state index contributed by atoms with van der Waals surface area (Å²) in [5.74, 6) is 0.641. The second-order valence-corrected chi connectivity index (χ2v) is 7.45. The Labute approximate surface area is 188 Å². The Hall–Kier alpha value is -3.48. The van der Waals surface area contributed by atoms with Crippen molar-refractivity contribution in [2.45, 2.75) is 6.54 Å². The highest BCUT2D eigenvalue weighted by molar-refractivity contribution is 6.32. The lowest BCUT2D eigenvalue weighted by Crippen LogP contribution is -2.23. The van der Waals surface area contributed by atoms with Gasteiger partial charge in [0.2, 0.25) is 0 Å². The van der Waals surface area contributed by atoms with E-state index < -0.39 is 0 Å². The van der Waals surface area contributed by atoms with Crippen molar-refractivity contribution in [2.75, 3.05) is 0 Å². The number of ether oxygens (including phenoxy) is 1. The molecule has 1 heterocycles. The van der Waals surface area contributed by atoms with E-state index in [4.69, 9.17) is 32.5 Å². The highest BCUT2D eigenvalue weighted by atomic mass is 35.5. The second-order valence-electron chi connectivity index (χ2n) is 6.60. The largest absolute Gasteiger partial charge is 0.504 e. The maximum Gasteiger partial charge on any atom is 0.273 e. The third-order valence-corrected chi connectivity index (χ3v) is 4.92. The first-order chi connectivity index (χ1) is 15.0. The van der Waals surface area contributed by atoms with Gasteiger partial charge < -0.3 is 19.7 Å². The van der Waals surface area contributed by atoms with Crippen LogP contribution in [0.2, 0.25) is 10.0 Å². The van der Waals surface area contributed by atoms with Gasteiger partial charge in [-0.3, -0.25) is 4.79 Å². The fourth-order valence-corrected chi connectivity index (χ4v) is 3.23. The van der Waals surface area contributed by atoms with Crippen molar-refractivity contribution < 1.29 is 19.2 Å². The van der Waals surface area contributed by atoms with Crippen molar-refractivity contribution in [1.82, 2.24) is 10.5 Å². The molecule has 0 aliphatic carbocycles. The number of amides is 1. The lowest BCUT2D eigenvalue weighted by Gasteiger charge is -2.11. The second kappa shape index (κ2) is 9.12. The van der Waals surface area contributed by atoms with Gasteiger partial charge in [0.1, 0.15) is 5.75 Å². The van der Waals surface area contributed by atoms with Crippen LogP contribution >= 0.6 is 23.2 Å². The zero-order valence-electron chi connectivity index (χ0n) is 16.0. The third-order valence-electron chi connectivity index (χ3n) is 4.39. The number of aromatic nitrogens is 1. The molecule has 2 N–H and O–H groups in total. The molecule has 3 aromatic carbocycles. The first kappa shape index (κ1) is 20.8. The molecule has 0 aliphatic heterocycles. The monoisotopic (exact) mass is 454 g/mol. The van der Waals surface area contributed by atoms with Crippen molar-refractivity contribution in [3.8, 4) is 28.6 Å². The Balaban J connectivity index is 1.39. The van der Waals surface area contributed by atoms with Gasteiger partial charge in [0.15, 0.2) is 23.0 Å². The van der Waals surface area contributed by atoms with Gasteiger partial charge in [-0.1, -0.05) is 64.8 Å². The topological polar surface area (TPSA) is 84.6 Å². The average Bonchev–Trinajstić information content (AvgIpc) is 3.26. The maximum absolute atomic E-state index is 12.4. The number of rotatable bonds is 6. The van der Waals surface area contributed by atoms with E-state index in [2.05, 4.69) is 10.5 Å². The summed E-state index contributed by atoms with van der Waals surface area (Å²) in [5, 5.41) is 17.2. The van der Waals surface area contributed by atoms with Crippen molar-refractivity contribution in [3.63, 3.8) is 0 Å². The molecule has 156 valence electrons. The summed E-state index contributed by atoms with van der Waals surface area (Å²) in [6.07, 6.45) is 0. The number of benzene rings is 3. The number of halogens is 2. The number of phenols is 1. The first-order valence-corrected chi connectivity index (χ1v) is 10.0. The lowest BCUT2D eigenvalue weighted by molar-refractivity contribution is 0.0942. The minimum Gasteiger partial charge on any atom is -0.504 e. The van der Waals surface area contributed by atoms with Crippen LogP contribution in [0, 0.1) is 0 Å². The Morgan fingerprint density at radius 3 is 2.52 bits per heavy atom. The minimum absolute atomic E-state index is 0.0950. The van der Waals surface area contributed by atoms with Crippen LogP contribution in [0.5, 0.6) is 17.2 Å². The fourth-order valence-electron chi connectivity index (χ4n) is 2.83. The highest BCUT2D eigenvalue weighted by Gasteiger charge is 2.14. The van der Waals surface area contributed by atoms with Crippen LogP contribution in [0.3, 0.4) is 0 Å². The standard InChI is InChI=1S/C23H16Cl2N2O4/c24-16-7-9-21(19(28)11-16)30-20-8-6-14(10-17(20)25)13-26-23(29)18-12-22(31-27-18)15-4-2-1-3-5-15/h1-12,28H,13H2,(H,26,29). The molecule has 4 aromatic rings. The van der Waals surface area contributed by atoms with E-state index in [9.17, 15) is 9.90 Å². The summed E-state index contributed by atoms with van der Waals surface area (Å²) in [7, 11) is 0. The van der Waals surface area contributed by atoms with Crippen LogP contribution in [0.25, 0.3) is 11.3 Å². The molecule has 0 fully saturated rings. The summed E-state index contributed by atoms with van der Waals surface area (Å²) in [5.41, 5.74) is 1.78. The molecule has 31 heavy (non-hydrogen) atoms. The maximum atomic E-state index is 12.4. The molecule has 1 amide bonds. The summed E-state index contributed by atoms with van der Waals surface area (Å²) < 4.78 is 10.9. The summed E-state index contributed by atoms with van der Waals surface area (Å²) >= 11 is 12.1. The number of nitrogens with zero attached hydrogens (tertiary/aromatic N) is 1. The van der Waals surface area contributed by atoms with Crippen molar-refractivity contribution >= 4 is 29.1 Å². The number of phenolic OH excluding ortho intramolecular Hbond substituents is 1. The number of carbonyl (C=O) groups is 1. The van der Waals surface area contributed by atoms with Gasteiger partial charge in [-0.2, -0.15) is 0 Å². The predicted molar refractivity (Wildman–Crippen MR) is 118 cm³/mol. The molecule has 4 rings (SSSR count). The zero-order valence-corrected chi connectivity index (χ0v) is 17.5. The van der Waals surface area contributed by atoms with Gasteiger partial charge in [-0.05, 0) is 29.8 Å². The summed E-state index contributed by atoms with van der Waals surface area (Å²) in [6.45, 7) is 0.235. The Kier molecular flexibility index (Phi) is 6.11. The van der Waals surface area contributed by atoms with Crippen LogP contribution in [-0.4, -0.2) is 16.2 Å². The number of carbonyl (C=O) groups excluding carboxylic acids is 1. The van der Waals surface area contributed by atoms with E-state index in [1.165, 1.54) is 6.07 Å². The van der Waals surface area contributed by atoms with Crippen LogP contribution in [-0.2, 0) is 6.54 Å². The van der Waals surface area contributed by atoms with Gasteiger partial charge in [0.25, 0.3) is 5.91 Å². The highest BCUT2D eigenvalue weighted by Crippen LogP contribution is 2.36. The molecule has 0 unspecified atom stereocenters. The molecule has 0 atom stereocenters. The van der Waals surface area contributed by atoms with Gasteiger partial charge in [-0.25, -0.2) is 0 Å². The zero-order chi connectivity index (χ0) is 21.8. The number of hydrogen-bond acceptors (Lipinski definition) is 5. The normalized spacial score (nSPS) is 10.6. The molecule has 6 nitrogen and oxygen atoms in total.